The highest BCUT2D eigenvalue weighted by Crippen LogP contribution is 2.30. The number of fused-ring (bicyclic) bond motifs is 3. The first-order chi connectivity index (χ1) is 10.8. The Morgan fingerprint density at radius 2 is 2.04 bits per heavy atom. The van der Waals surface area contributed by atoms with Gasteiger partial charge in [0.05, 0.1) is 16.0 Å². The Hall–Kier alpha value is -0.820. The van der Waals surface area contributed by atoms with Gasteiger partial charge in [0.15, 0.2) is 4.34 Å². The number of hydrogen-bond acceptors (Lipinski definition) is 5. The average molecular weight is 370 g/mol. The standard InChI is InChI=1S/C16H19N3OS2.ClH/c20-15(18-12-7-10-5-6-11(8-12)17-10)9-21-16-19-13-3-1-2-4-14(13)22-16;/h1-4,10-12,17H,5-9H2,(H,18,20);1H. The number of benzene rings is 1. The quantitative estimate of drug-likeness (QED) is 0.812. The summed E-state index contributed by atoms with van der Waals surface area (Å²) in [5.41, 5.74) is 1.02. The Morgan fingerprint density at radius 3 is 2.78 bits per heavy atom. The van der Waals surface area contributed by atoms with E-state index in [1.807, 2.05) is 18.2 Å². The van der Waals surface area contributed by atoms with Crippen molar-refractivity contribution in [3.05, 3.63) is 24.3 Å². The average Bonchev–Trinajstić information content (AvgIpc) is 3.08. The maximum Gasteiger partial charge on any atom is 0.230 e. The molecule has 3 heterocycles. The second-order valence-electron chi connectivity index (χ2n) is 6.11. The van der Waals surface area contributed by atoms with Crippen molar-refractivity contribution in [2.24, 2.45) is 0 Å². The summed E-state index contributed by atoms with van der Waals surface area (Å²) in [5, 5.41) is 6.80. The van der Waals surface area contributed by atoms with Crippen LogP contribution < -0.4 is 10.6 Å². The number of rotatable bonds is 4. The Labute approximate surface area is 150 Å². The summed E-state index contributed by atoms with van der Waals surface area (Å²) in [6, 6.07) is 9.67. The van der Waals surface area contributed by atoms with Gasteiger partial charge in [-0.3, -0.25) is 4.79 Å². The van der Waals surface area contributed by atoms with Crippen LogP contribution in [0.4, 0.5) is 0 Å². The van der Waals surface area contributed by atoms with Crippen LogP contribution in [-0.2, 0) is 4.79 Å². The number of thioether (sulfide) groups is 1. The molecule has 7 heteroatoms. The molecule has 2 fully saturated rings. The topological polar surface area (TPSA) is 54.0 Å². The number of para-hydroxylation sites is 1. The number of carbonyl (C=O) groups is 1. The molecule has 0 radical (unpaired) electrons. The molecule has 2 aromatic rings. The zero-order chi connectivity index (χ0) is 14.9. The molecule has 2 N–H and O–H groups in total. The van der Waals surface area contributed by atoms with Crippen LogP contribution in [0.15, 0.2) is 28.6 Å². The minimum Gasteiger partial charge on any atom is -0.353 e. The predicted octanol–water partition coefficient (Wildman–Crippen LogP) is 3.21. The van der Waals surface area contributed by atoms with Crippen molar-refractivity contribution in [1.29, 1.82) is 0 Å². The molecule has 23 heavy (non-hydrogen) atoms. The summed E-state index contributed by atoms with van der Waals surface area (Å²) in [7, 11) is 0. The fraction of sp³-hybridized carbons (Fsp3) is 0.500. The fourth-order valence-corrected chi connectivity index (χ4v) is 5.36. The third kappa shape index (κ3) is 3.99. The molecule has 0 spiro atoms. The molecule has 2 atom stereocenters. The van der Waals surface area contributed by atoms with Gasteiger partial charge in [-0.15, -0.1) is 23.7 Å². The molecule has 2 bridgehead atoms. The first kappa shape index (κ1) is 17.0. The molecular weight excluding hydrogens is 350 g/mol. The van der Waals surface area contributed by atoms with Crippen LogP contribution in [0.2, 0.25) is 0 Å². The van der Waals surface area contributed by atoms with Crippen molar-refractivity contribution >= 4 is 51.6 Å². The normalized spacial score (nSPS) is 26.0. The van der Waals surface area contributed by atoms with E-state index in [1.165, 1.54) is 29.3 Å². The molecule has 1 aromatic carbocycles. The summed E-state index contributed by atoms with van der Waals surface area (Å²) in [4.78, 5) is 16.7. The summed E-state index contributed by atoms with van der Waals surface area (Å²) in [5.74, 6) is 0.592. The number of carbonyl (C=O) groups excluding carboxylic acids is 1. The summed E-state index contributed by atoms with van der Waals surface area (Å²) < 4.78 is 2.15. The van der Waals surface area contributed by atoms with Gasteiger partial charge in [0, 0.05) is 18.1 Å². The lowest BCUT2D eigenvalue weighted by Crippen LogP contribution is -2.48. The number of nitrogens with one attached hydrogen (secondary N) is 2. The van der Waals surface area contributed by atoms with Gasteiger partial charge in [0.1, 0.15) is 0 Å². The molecule has 1 aromatic heterocycles. The molecule has 0 aliphatic carbocycles. The van der Waals surface area contributed by atoms with Crippen LogP contribution in [0, 0.1) is 0 Å². The highest BCUT2D eigenvalue weighted by molar-refractivity contribution is 8.01. The lowest BCUT2D eigenvalue weighted by atomic mass is 10.00. The summed E-state index contributed by atoms with van der Waals surface area (Å²) >= 11 is 3.20. The van der Waals surface area contributed by atoms with Crippen LogP contribution >= 0.6 is 35.5 Å². The smallest absolute Gasteiger partial charge is 0.230 e. The third-order valence-electron chi connectivity index (χ3n) is 4.44. The molecule has 2 saturated heterocycles. The zero-order valence-corrected chi connectivity index (χ0v) is 15.1. The van der Waals surface area contributed by atoms with E-state index in [0.29, 0.717) is 23.9 Å². The van der Waals surface area contributed by atoms with Crippen molar-refractivity contribution in [1.82, 2.24) is 15.6 Å². The monoisotopic (exact) mass is 369 g/mol. The van der Waals surface area contributed by atoms with Gasteiger partial charge in [0.25, 0.3) is 0 Å². The highest BCUT2D eigenvalue weighted by atomic mass is 35.5. The number of amides is 1. The zero-order valence-electron chi connectivity index (χ0n) is 12.7. The van der Waals surface area contributed by atoms with Crippen molar-refractivity contribution in [3.8, 4) is 0 Å². The van der Waals surface area contributed by atoms with Gasteiger partial charge in [-0.1, -0.05) is 23.9 Å². The lowest BCUT2D eigenvalue weighted by Gasteiger charge is -2.29. The number of thiazole rings is 1. The lowest BCUT2D eigenvalue weighted by molar-refractivity contribution is -0.119. The first-order valence-corrected chi connectivity index (χ1v) is 9.60. The number of aromatic nitrogens is 1. The van der Waals surface area contributed by atoms with Gasteiger partial charge in [-0.05, 0) is 37.8 Å². The van der Waals surface area contributed by atoms with Crippen LogP contribution in [0.1, 0.15) is 25.7 Å². The van der Waals surface area contributed by atoms with E-state index in [-0.39, 0.29) is 18.3 Å². The van der Waals surface area contributed by atoms with Gasteiger partial charge in [-0.25, -0.2) is 4.98 Å². The maximum atomic E-state index is 12.2. The Balaban J connectivity index is 0.00000156. The number of nitrogens with zero attached hydrogens (tertiary/aromatic N) is 1. The molecular formula is C16H20ClN3OS2. The Kier molecular flexibility index (Phi) is 5.46. The van der Waals surface area contributed by atoms with Gasteiger partial charge >= 0.3 is 0 Å². The number of hydrogen-bond donors (Lipinski definition) is 2. The number of halogens is 1. The molecule has 2 aliphatic rings. The van der Waals surface area contributed by atoms with Gasteiger partial charge < -0.3 is 10.6 Å². The van der Waals surface area contributed by atoms with E-state index in [1.54, 1.807) is 11.3 Å². The third-order valence-corrected chi connectivity index (χ3v) is 6.62. The van der Waals surface area contributed by atoms with Crippen molar-refractivity contribution in [3.63, 3.8) is 0 Å². The van der Waals surface area contributed by atoms with E-state index in [9.17, 15) is 4.79 Å². The molecule has 1 amide bonds. The van der Waals surface area contributed by atoms with E-state index < -0.39 is 0 Å². The van der Waals surface area contributed by atoms with Gasteiger partial charge in [0.2, 0.25) is 5.91 Å². The van der Waals surface area contributed by atoms with E-state index in [2.05, 4.69) is 21.7 Å². The second kappa shape index (κ2) is 7.38. The minimum absolute atomic E-state index is 0. The Bertz CT molecular complexity index is 648. The van der Waals surface area contributed by atoms with Crippen molar-refractivity contribution in [2.75, 3.05) is 5.75 Å². The van der Waals surface area contributed by atoms with Crippen molar-refractivity contribution in [2.45, 2.75) is 48.1 Å². The fourth-order valence-electron chi connectivity index (χ4n) is 3.48. The highest BCUT2D eigenvalue weighted by Gasteiger charge is 2.33. The molecule has 4 rings (SSSR count). The first-order valence-electron chi connectivity index (χ1n) is 7.80. The van der Waals surface area contributed by atoms with Crippen molar-refractivity contribution < 1.29 is 4.79 Å². The van der Waals surface area contributed by atoms with Gasteiger partial charge in [-0.2, -0.15) is 0 Å². The Morgan fingerprint density at radius 1 is 1.30 bits per heavy atom. The van der Waals surface area contributed by atoms with E-state index in [0.717, 1.165) is 22.7 Å². The molecule has 2 unspecified atom stereocenters. The van der Waals surface area contributed by atoms with Crippen LogP contribution in [0.3, 0.4) is 0 Å². The second-order valence-corrected chi connectivity index (χ2v) is 8.36. The van der Waals surface area contributed by atoms with Crippen LogP contribution in [0.25, 0.3) is 10.2 Å². The number of piperidine rings is 1. The predicted molar refractivity (Wildman–Crippen MR) is 98.7 cm³/mol. The molecule has 4 nitrogen and oxygen atoms in total. The largest absolute Gasteiger partial charge is 0.353 e. The van der Waals surface area contributed by atoms with E-state index in [4.69, 9.17) is 0 Å². The van der Waals surface area contributed by atoms with E-state index >= 15 is 0 Å². The SMILES string of the molecule is Cl.O=C(CSc1nc2ccccc2s1)NC1CC2CCC(C1)N2. The maximum absolute atomic E-state index is 12.2. The molecule has 124 valence electrons. The van der Waals surface area contributed by atoms with Crippen LogP contribution in [-0.4, -0.2) is 34.8 Å². The molecule has 2 aliphatic heterocycles. The summed E-state index contributed by atoms with van der Waals surface area (Å²) in [6.45, 7) is 0. The molecule has 0 saturated carbocycles. The van der Waals surface area contributed by atoms with Crippen LogP contribution in [0.5, 0.6) is 0 Å². The minimum atomic E-state index is 0. The summed E-state index contributed by atoms with van der Waals surface area (Å²) in [6.07, 6.45) is 4.68.